The van der Waals surface area contributed by atoms with Gasteiger partial charge in [-0.1, -0.05) is 19.3 Å². The Hall–Kier alpha value is -1.62. The Bertz CT molecular complexity index is 468. The SMILES string of the molecule is CN(C)c1ncccc1C(=O)NCC1(O)CCCCC1. The molecular formula is C15H23N3O2. The molecule has 5 heteroatoms. The molecule has 0 radical (unpaired) electrons. The number of aromatic nitrogens is 1. The second-order valence-corrected chi connectivity index (χ2v) is 5.74. The Balaban J connectivity index is 2.02. The predicted octanol–water partition coefficient (Wildman–Crippen LogP) is 1.57. The molecule has 0 aromatic carbocycles. The number of anilines is 1. The van der Waals surface area contributed by atoms with E-state index in [1.165, 1.54) is 6.42 Å². The van der Waals surface area contributed by atoms with Crippen LogP contribution in [0.4, 0.5) is 5.82 Å². The number of pyridine rings is 1. The molecule has 110 valence electrons. The molecule has 1 aromatic rings. The summed E-state index contributed by atoms with van der Waals surface area (Å²) in [6, 6.07) is 3.50. The van der Waals surface area contributed by atoms with Crippen LogP contribution in [-0.4, -0.2) is 42.2 Å². The Kier molecular flexibility index (Phi) is 4.60. The van der Waals surface area contributed by atoms with Gasteiger partial charge in [-0.15, -0.1) is 0 Å². The van der Waals surface area contributed by atoms with Gasteiger partial charge in [-0.2, -0.15) is 0 Å². The maximum atomic E-state index is 12.3. The van der Waals surface area contributed by atoms with Crippen molar-refractivity contribution >= 4 is 11.7 Å². The minimum atomic E-state index is -0.742. The molecule has 1 saturated carbocycles. The smallest absolute Gasteiger partial charge is 0.255 e. The molecule has 0 atom stereocenters. The lowest BCUT2D eigenvalue weighted by atomic mass is 9.85. The molecule has 1 amide bonds. The fourth-order valence-corrected chi connectivity index (χ4v) is 2.66. The lowest BCUT2D eigenvalue weighted by Gasteiger charge is -2.32. The maximum Gasteiger partial charge on any atom is 0.255 e. The van der Waals surface area contributed by atoms with Crippen LogP contribution in [0.2, 0.25) is 0 Å². The van der Waals surface area contributed by atoms with Crippen LogP contribution in [0.3, 0.4) is 0 Å². The predicted molar refractivity (Wildman–Crippen MR) is 78.9 cm³/mol. The number of carbonyl (C=O) groups excluding carboxylic acids is 1. The van der Waals surface area contributed by atoms with Crippen molar-refractivity contribution in [3.63, 3.8) is 0 Å². The molecule has 0 bridgehead atoms. The summed E-state index contributed by atoms with van der Waals surface area (Å²) in [5.41, 5.74) is -0.203. The van der Waals surface area contributed by atoms with Gasteiger partial charge in [0.25, 0.3) is 5.91 Å². The summed E-state index contributed by atoms with van der Waals surface area (Å²) in [7, 11) is 3.71. The Labute approximate surface area is 120 Å². The van der Waals surface area contributed by atoms with Gasteiger partial charge in [0, 0.05) is 26.8 Å². The molecule has 1 aliphatic rings. The van der Waals surface area contributed by atoms with Gasteiger partial charge in [0.05, 0.1) is 11.2 Å². The van der Waals surface area contributed by atoms with Crippen LogP contribution in [0.1, 0.15) is 42.5 Å². The topological polar surface area (TPSA) is 65.5 Å². The minimum absolute atomic E-state index is 0.180. The molecule has 0 unspecified atom stereocenters. The molecule has 5 nitrogen and oxygen atoms in total. The normalized spacial score (nSPS) is 17.6. The van der Waals surface area contributed by atoms with Crippen molar-refractivity contribution in [1.29, 1.82) is 0 Å². The molecule has 1 aliphatic carbocycles. The van der Waals surface area contributed by atoms with E-state index in [4.69, 9.17) is 0 Å². The molecular weight excluding hydrogens is 254 g/mol. The third-order valence-corrected chi connectivity index (χ3v) is 3.82. The Morgan fingerprint density at radius 1 is 1.40 bits per heavy atom. The van der Waals surface area contributed by atoms with Crippen LogP contribution in [-0.2, 0) is 0 Å². The van der Waals surface area contributed by atoms with Gasteiger partial charge >= 0.3 is 0 Å². The molecule has 2 N–H and O–H groups in total. The number of carbonyl (C=O) groups is 1. The number of amides is 1. The summed E-state index contributed by atoms with van der Waals surface area (Å²) >= 11 is 0. The van der Waals surface area contributed by atoms with Gasteiger partial charge in [-0.05, 0) is 25.0 Å². The second kappa shape index (κ2) is 6.22. The van der Waals surface area contributed by atoms with Gasteiger partial charge in [0.2, 0.25) is 0 Å². The van der Waals surface area contributed by atoms with Crippen molar-refractivity contribution in [2.45, 2.75) is 37.7 Å². The monoisotopic (exact) mass is 277 g/mol. The quantitative estimate of drug-likeness (QED) is 0.877. The molecule has 20 heavy (non-hydrogen) atoms. The summed E-state index contributed by atoms with van der Waals surface area (Å²) in [4.78, 5) is 18.3. The summed E-state index contributed by atoms with van der Waals surface area (Å²) in [6.45, 7) is 0.313. The average molecular weight is 277 g/mol. The Morgan fingerprint density at radius 3 is 2.75 bits per heavy atom. The van der Waals surface area contributed by atoms with Crippen LogP contribution in [0.25, 0.3) is 0 Å². The summed E-state index contributed by atoms with van der Waals surface area (Å²) < 4.78 is 0. The third kappa shape index (κ3) is 3.48. The van der Waals surface area contributed by atoms with E-state index in [1.807, 2.05) is 19.0 Å². The van der Waals surface area contributed by atoms with Gasteiger partial charge in [0.1, 0.15) is 5.82 Å². The number of hydrogen-bond donors (Lipinski definition) is 2. The molecule has 1 heterocycles. The molecule has 0 spiro atoms. The summed E-state index contributed by atoms with van der Waals surface area (Å²) in [5.74, 6) is 0.460. The van der Waals surface area contributed by atoms with E-state index in [0.29, 0.717) is 17.9 Å². The zero-order valence-electron chi connectivity index (χ0n) is 12.2. The Morgan fingerprint density at radius 2 is 2.10 bits per heavy atom. The number of aliphatic hydroxyl groups is 1. The van der Waals surface area contributed by atoms with Gasteiger partial charge in [-0.25, -0.2) is 4.98 Å². The van der Waals surface area contributed by atoms with Crippen LogP contribution in [0.15, 0.2) is 18.3 Å². The zero-order valence-corrected chi connectivity index (χ0v) is 12.2. The molecule has 1 fully saturated rings. The lowest BCUT2D eigenvalue weighted by molar-refractivity contribution is 0.00526. The first-order valence-corrected chi connectivity index (χ1v) is 7.15. The fourth-order valence-electron chi connectivity index (χ4n) is 2.66. The lowest BCUT2D eigenvalue weighted by Crippen LogP contribution is -2.44. The van der Waals surface area contributed by atoms with E-state index in [2.05, 4.69) is 10.3 Å². The van der Waals surface area contributed by atoms with Gasteiger partial charge in [-0.3, -0.25) is 4.79 Å². The highest BCUT2D eigenvalue weighted by atomic mass is 16.3. The maximum absolute atomic E-state index is 12.3. The van der Waals surface area contributed by atoms with Crippen LogP contribution < -0.4 is 10.2 Å². The largest absolute Gasteiger partial charge is 0.388 e. The highest BCUT2D eigenvalue weighted by Gasteiger charge is 2.29. The summed E-state index contributed by atoms with van der Waals surface area (Å²) in [5, 5.41) is 13.3. The number of rotatable bonds is 4. The number of nitrogens with one attached hydrogen (secondary N) is 1. The van der Waals surface area contributed by atoms with Crippen molar-refractivity contribution in [3.05, 3.63) is 23.9 Å². The average Bonchev–Trinajstić information content (AvgIpc) is 2.45. The minimum Gasteiger partial charge on any atom is -0.388 e. The van der Waals surface area contributed by atoms with E-state index >= 15 is 0 Å². The van der Waals surface area contributed by atoms with Crippen LogP contribution >= 0.6 is 0 Å². The van der Waals surface area contributed by atoms with E-state index in [0.717, 1.165) is 25.7 Å². The number of nitrogens with zero attached hydrogens (tertiary/aromatic N) is 2. The van der Waals surface area contributed by atoms with Crippen molar-refractivity contribution in [1.82, 2.24) is 10.3 Å². The first kappa shape index (κ1) is 14.8. The summed E-state index contributed by atoms with van der Waals surface area (Å²) in [6.07, 6.45) is 6.43. The molecule has 1 aromatic heterocycles. The van der Waals surface area contributed by atoms with Gasteiger partial charge < -0.3 is 15.3 Å². The highest BCUT2D eigenvalue weighted by molar-refractivity contribution is 5.98. The second-order valence-electron chi connectivity index (χ2n) is 5.74. The van der Waals surface area contributed by atoms with E-state index in [1.54, 1.807) is 18.3 Å². The van der Waals surface area contributed by atoms with Crippen molar-refractivity contribution in [2.75, 3.05) is 25.5 Å². The third-order valence-electron chi connectivity index (χ3n) is 3.82. The van der Waals surface area contributed by atoms with E-state index in [9.17, 15) is 9.90 Å². The fraction of sp³-hybridized carbons (Fsp3) is 0.600. The van der Waals surface area contributed by atoms with Crippen LogP contribution in [0, 0.1) is 0 Å². The van der Waals surface area contributed by atoms with E-state index < -0.39 is 5.60 Å². The van der Waals surface area contributed by atoms with Crippen molar-refractivity contribution in [3.8, 4) is 0 Å². The van der Waals surface area contributed by atoms with Crippen molar-refractivity contribution < 1.29 is 9.90 Å². The zero-order chi connectivity index (χ0) is 14.6. The van der Waals surface area contributed by atoms with Gasteiger partial charge in [0.15, 0.2) is 0 Å². The highest BCUT2D eigenvalue weighted by Crippen LogP contribution is 2.27. The standard InChI is InChI=1S/C15H23N3O2/c1-18(2)13-12(7-6-10-16-13)14(19)17-11-15(20)8-4-3-5-9-15/h6-7,10,20H,3-5,8-9,11H2,1-2H3,(H,17,19). The molecule has 2 rings (SSSR count). The van der Waals surface area contributed by atoms with Crippen molar-refractivity contribution in [2.24, 2.45) is 0 Å². The van der Waals surface area contributed by atoms with E-state index in [-0.39, 0.29) is 5.91 Å². The first-order valence-electron chi connectivity index (χ1n) is 7.15. The molecule has 0 aliphatic heterocycles. The number of hydrogen-bond acceptors (Lipinski definition) is 4. The molecule has 0 saturated heterocycles. The van der Waals surface area contributed by atoms with Crippen LogP contribution in [0.5, 0.6) is 0 Å². The first-order chi connectivity index (χ1) is 9.52.